The molecule has 6 heteroatoms. The molecule has 262 valence electrons. The number of thiazole rings is 1. The van der Waals surface area contributed by atoms with E-state index in [4.69, 9.17) is 0 Å². The Morgan fingerprint density at radius 1 is 0.667 bits per heavy atom. The first-order chi connectivity index (χ1) is 24.5. The van der Waals surface area contributed by atoms with Crippen molar-refractivity contribution in [2.24, 2.45) is 0 Å². The second-order valence-corrected chi connectivity index (χ2v) is 19.0. The quantitative estimate of drug-likeness (QED) is 0.103. The van der Waals surface area contributed by atoms with Gasteiger partial charge in [-0.1, -0.05) is 77.7 Å². The second-order valence-electron chi connectivity index (χ2n) is 16.9. The second kappa shape index (κ2) is 13.7. The zero-order chi connectivity index (χ0) is 35.3. The van der Waals surface area contributed by atoms with Crippen molar-refractivity contribution in [3.63, 3.8) is 0 Å². The maximum absolute atomic E-state index is 2.60. The average Bonchev–Trinajstić information content (AvgIpc) is 3.58. The molecule has 2 heterocycles. The molecule has 0 radical (unpaired) electrons. The molecule has 0 fully saturated rings. The van der Waals surface area contributed by atoms with Crippen molar-refractivity contribution >= 4 is 45.1 Å². The number of hydrogen-bond donors (Lipinski definition) is 0. The van der Waals surface area contributed by atoms with E-state index in [0.29, 0.717) is 0 Å². The van der Waals surface area contributed by atoms with Gasteiger partial charge in [-0.2, -0.15) is 4.57 Å². The van der Waals surface area contributed by atoms with Crippen LogP contribution >= 0.6 is 23.1 Å². The van der Waals surface area contributed by atoms with E-state index in [0.717, 1.165) is 73.7 Å². The maximum atomic E-state index is 2.60. The lowest BCUT2D eigenvalue weighted by atomic mass is 9.86. The first-order valence-corrected chi connectivity index (χ1v) is 20.3. The Labute approximate surface area is 313 Å². The molecule has 0 saturated carbocycles. The summed E-state index contributed by atoms with van der Waals surface area (Å²) >= 11 is 3.91. The highest BCUT2D eigenvalue weighted by molar-refractivity contribution is 8.03. The number of aryl methyl sites for hydroxylation is 1. The summed E-state index contributed by atoms with van der Waals surface area (Å²) in [7, 11) is 13.8. The first kappa shape index (κ1) is 34.4. The predicted molar refractivity (Wildman–Crippen MR) is 218 cm³/mol. The summed E-state index contributed by atoms with van der Waals surface area (Å²) in [6.45, 7) is 4.38. The fourth-order valence-corrected chi connectivity index (χ4v) is 10.4. The molecule has 0 saturated heterocycles. The first-order valence-electron chi connectivity index (χ1n) is 18.7. The Balaban J connectivity index is 1.11. The molecule has 0 bridgehead atoms. The van der Waals surface area contributed by atoms with Gasteiger partial charge in [-0.15, -0.1) is 0 Å². The molecule has 0 unspecified atom stereocenters. The van der Waals surface area contributed by atoms with Crippen molar-refractivity contribution in [2.45, 2.75) is 50.0 Å². The lowest BCUT2D eigenvalue weighted by Crippen LogP contribution is -2.40. The summed E-state index contributed by atoms with van der Waals surface area (Å²) in [6.07, 6.45) is 13.5. The van der Waals surface area contributed by atoms with Crippen LogP contribution in [0.4, 0.5) is 5.69 Å². The molecule has 0 atom stereocenters. The van der Waals surface area contributed by atoms with Crippen LogP contribution in [0.1, 0.15) is 62.4 Å². The van der Waals surface area contributed by atoms with E-state index in [2.05, 4.69) is 143 Å². The number of allylic oxidation sites excluding steroid dienone is 2. The lowest BCUT2D eigenvalue weighted by Gasteiger charge is -2.27. The van der Waals surface area contributed by atoms with E-state index in [1.807, 2.05) is 23.1 Å². The molecule has 0 N–H and O–H groups in total. The van der Waals surface area contributed by atoms with Gasteiger partial charge in [0, 0.05) is 30.0 Å². The van der Waals surface area contributed by atoms with Gasteiger partial charge in [0.15, 0.2) is 6.54 Å². The van der Waals surface area contributed by atoms with Crippen LogP contribution in [0.2, 0.25) is 0 Å². The van der Waals surface area contributed by atoms with Crippen molar-refractivity contribution in [2.75, 3.05) is 66.8 Å². The smallest absolute Gasteiger partial charge is 0.262 e. The molecule has 3 aliphatic rings. The van der Waals surface area contributed by atoms with Crippen molar-refractivity contribution in [1.29, 1.82) is 0 Å². The predicted octanol–water partition coefficient (Wildman–Crippen LogP) is 8.84. The zero-order valence-electron chi connectivity index (χ0n) is 31.3. The molecule has 1 aliphatic heterocycles. The summed E-state index contributed by atoms with van der Waals surface area (Å²) in [6, 6.07) is 28.0. The van der Waals surface area contributed by atoms with Crippen LogP contribution in [0, 0.1) is 0 Å². The van der Waals surface area contributed by atoms with Crippen LogP contribution in [-0.4, -0.2) is 70.9 Å². The molecule has 2 aliphatic carbocycles. The van der Waals surface area contributed by atoms with Gasteiger partial charge in [0.1, 0.15) is 4.70 Å². The van der Waals surface area contributed by atoms with Crippen LogP contribution in [0.25, 0.3) is 16.3 Å². The summed E-state index contributed by atoms with van der Waals surface area (Å²) in [5.41, 5.74) is 14.7. The molecular weight excluding hydrogens is 661 g/mol. The standard InChI is InChI=1S/C45H53N4S2/c1-48(2,3)22-12-20-46-40-28-36-24-32-14-7-9-16-34(32)26-38(36)30-42(40)50-44(46)18-11-19-45-47(21-13-23-49(4,5)6)41-29-37-25-33-15-8-10-17-35(33)27-39(37)31-43(41)51-45/h7-11,14-19,28-31H,12-13,20-27H2,1-6H3/q+3. The Morgan fingerprint density at radius 2 is 1.22 bits per heavy atom. The molecule has 51 heavy (non-hydrogen) atoms. The molecule has 0 spiro atoms. The molecule has 4 aromatic carbocycles. The molecule has 1 aromatic heterocycles. The third-order valence-corrected chi connectivity index (χ3v) is 13.0. The fraction of sp³-hybridized carbons (Fsp3) is 0.356. The normalized spacial score (nSPS) is 16.0. The highest BCUT2D eigenvalue weighted by Gasteiger charge is 2.29. The Morgan fingerprint density at radius 3 is 1.82 bits per heavy atom. The molecule has 5 aromatic rings. The van der Waals surface area contributed by atoms with Crippen LogP contribution in [0.15, 0.2) is 94.9 Å². The van der Waals surface area contributed by atoms with Gasteiger partial charge in [-0.3, -0.25) is 0 Å². The van der Waals surface area contributed by atoms with Crippen molar-refractivity contribution in [3.05, 3.63) is 139 Å². The van der Waals surface area contributed by atoms with E-state index in [1.165, 1.54) is 75.3 Å². The number of aromatic nitrogens is 1. The van der Waals surface area contributed by atoms with Gasteiger partial charge < -0.3 is 13.9 Å². The summed E-state index contributed by atoms with van der Waals surface area (Å²) in [5, 5.41) is 2.68. The van der Waals surface area contributed by atoms with Crippen LogP contribution in [0.5, 0.6) is 0 Å². The summed E-state index contributed by atoms with van der Waals surface area (Å²) < 4.78 is 5.99. The molecular formula is C45H53N4S2+3. The van der Waals surface area contributed by atoms with E-state index in [9.17, 15) is 0 Å². The highest BCUT2D eigenvalue weighted by atomic mass is 32.2. The minimum Gasteiger partial charge on any atom is -0.335 e. The molecule has 8 rings (SSSR count). The van der Waals surface area contributed by atoms with Crippen molar-refractivity contribution in [3.8, 4) is 0 Å². The van der Waals surface area contributed by atoms with Crippen molar-refractivity contribution < 1.29 is 13.5 Å². The Kier molecular flexibility index (Phi) is 9.25. The van der Waals surface area contributed by atoms with E-state index in [1.54, 1.807) is 0 Å². The number of benzene rings is 4. The highest BCUT2D eigenvalue weighted by Crippen LogP contribution is 2.48. The minimum atomic E-state index is 0.989. The van der Waals surface area contributed by atoms with E-state index >= 15 is 0 Å². The number of quaternary nitrogens is 2. The van der Waals surface area contributed by atoms with Gasteiger partial charge in [-0.05, 0) is 94.5 Å². The third kappa shape index (κ3) is 7.48. The molecule has 0 amide bonds. The van der Waals surface area contributed by atoms with E-state index in [-0.39, 0.29) is 0 Å². The van der Waals surface area contributed by atoms with Gasteiger partial charge in [0.25, 0.3) is 5.01 Å². The SMILES string of the molecule is C[N+](C)(C)CCCN1C(=CC=Cc2sc3cc4c(cc3[n+]2CCC[N+](C)(C)C)Cc2ccccc2C4)Sc2cc3c(cc21)Cc1ccccc1C3. The maximum Gasteiger partial charge on any atom is 0.262 e. The van der Waals surface area contributed by atoms with Gasteiger partial charge in [0.2, 0.25) is 5.52 Å². The number of anilines is 1. The van der Waals surface area contributed by atoms with Gasteiger partial charge in [0.05, 0.1) is 72.5 Å². The average molecular weight is 714 g/mol. The topological polar surface area (TPSA) is 7.12 Å². The Hall–Kier alpha value is -3.68. The minimum absolute atomic E-state index is 0.989. The van der Waals surface area contributed by atoms with Gasteiger partial charge >= 0.3 is 0 Å². The number of hydrogen-bond acceptors (Lipinski definition) is 3. The largest absolute Gasteiger partial charge is 0.335 e. The number of nitrogens with zero attached hydrogens (tertiary/aromatic N) is 4. The lowest BCUT2D eigenvalue weighted by molar-refractivity contribution is -0.873. The van der Waals surface area contributed by atoms with E-state index < -0.39 is 0 Å². The van der Waals surface area contributed by atoms with Crippen molar-refractivity contribution in [1.82, 2.24) is 0 Å². The number of thioether (sulfide) groups is 1. The van der Waals surface area contributed by atoms with Crippen LogP contribution in [-0.2, 0) is 32.2 Å². The van der Waals surface area contributed by atoms with Crippen LogP contribution in [0.3, 0.4) is 0 Å². The third-order valence-electron chi connectivity index (χ3n) is 10.8. The van der Waals surface area contributed by atoms with Crippen LogP contribution < -0.4 is 9.47 Å². The molecule has 4 nitrogen and oxygen atoms in total. The fourth-order valence-electron chi connectivity index (χ4n) is 8.08. The zero-order valence-corrected chi connectivity index (χ0v) is 33.0. The number of fused-ring (bicyclic) bond motifs is 6. The van der Waals surface area contributed by atoms with Gasteiger partial charge in [-0.25, -0.2) is 0 Å². The summed E-state index contributed by atoms with van der Waals surface area (Å²) in [5.74, 6) is 0. The number of rotatable bonds is 10. The summed E-state index contributed by atoms with van der Waals surface area (Å²) in [4.78, 5) is 4.01. The monoisotopic (exact) mass is 713 g/mol. The Bertz CT molecular complexity index is 2180.